The molecule has 0 aromatic heterocycles. The fraction of sp³-hybridized carbons (Fsp3) is 0.378. The maximum Gasteiger partial charge on any atom is 0.330 e. The molecule has 0 amide bonds. The number of esters is 1. The fourth-order valence-corrected chi connectivity index (χ4v) is 6.97. The van der Waals surface area contributed by atoms with Gasteiger partial charge in [0, 0.05) is 23.1 Å². The second-order valence-corrected chi connectivity index (χ2v) is 12.6. The lowest BCUT2D eigenvalue weighted by molar-refractivity contribution is -0.137. The van der Waals surface area contributed by atoms with E-state index in [2.05, 4.69) is 55.0 Å². The topological polar surface area (TPSA) is 50.8 Å². The van der Waals surface area contributed by atoms with Gasteiger partial charge in [-0.1, -0.05) is 42.8 Å². The van der Waals surface area contributed by atoms with E-state index < -0.39 is 6.30 Å². The first kappa shape index (κ1) is 30.6. The largest absolute Gasteiger partial charge is 0.463 e. The van der Waals surface area contributed by atoms with Gasteiger partial charge in [0.05, 0.1) is 12.3 Å². The Morgan fingerprint density at radius 3 is 2.50 bits per heavy atom. The van der Waals surface area contributed by atoms with Crippen molar-refractivity contribution < 1.29 is 18.7 Å². The number of fused-ring (bicyclic) bond motifs is 1. The molecule has 2 fully saturated rings. The van der Waals surface area contributed by atoms with Crippen LogP contribution in [0.2, 0.25) is 0 Å². The molecule has 230 valence electrons. The van der Waals surface area contributed by atoms with Gasteiger partial charge in [0.1, 0.15) is 6.23 Å². The normalized spacial score (nSPS) is 20.8. The highest BCUT2D eigenvalue weighted by Gasteiger charge is 2.35. The van der Waals surface area contributed by atoms with Gasteiger partial charge in [0.25, 0.3) is 0 Å². The highest BCUT2D eigenvalue weighted by atomic mass is 32.2. The van der Waals surface area contributed by atoms with Crippen LogP contribution in [-0.2, 0) is 14.3 Å². The summed E-state index contributed by atoms with van der Waals surface area (Å²) in [6.45, 7) is 5.04. The molecule has 3 aromatic carbocycles. The van der Waals surface area contributed by atoms with Gasteiger partial charge >= 0.3 is 5.97 Å². The van der Waals surface area contributed by atoms with Crippen molar-refractivity contribution in [2.75, 3.05) is 24.5 Å². The van der Waals surface area contributed by atoms with Crippen LogP contribution in [0.15, 0.2) is 71.6 Å². The molecule has 6 rings (SSSR count). The van der Waals surface area contributed by atoms with Gasteiger partial charge in [0.15, 0.2) is 6.30 Å². The van der Waals surface area contributed by atoms with Crippen molar-refractivity contribution in [1.82, 2.24) is 5.43 Å². The van der Waals surface area contributed by atoms with Crippen molar-refractivity contribution in [1.29, 1.82) is 0 Å². The minimum atomic E-state index is -1.30. The zero-order valence-electron chi connectivity index (χ0n) is 25.8. The van der Waals surface area contributed by atoms with Gasteiger partial charge in [0.2, 0.25) is 0 Å². The number of anilines is 1. The number of hydrazine groups is 1. The molecule has 2 heterocycles. The van der Waals surface area contributed by atoms with Crippen molar-refractivity contribution in [3.63, 3.8) is 0 Å². The quantitative estimate of drug-likeness (QED) is 0.0857. The lowest BCUT2D eigenvalue weighted by atomic mass is 9.72. The number of halogens is 1. The maximum atomic E-state index is 15.7. The first-order valence-electron chi connectivity index (χ1n) is 15.8. The van der Waals surface area contributed by atoms with E-state index in [1.807, 2.05) is 29.3 Å². The molecule has 1 saturated heterocycles. The molecule has 0 spiro atoms. The predicted molar refractivity (Wildman–Crippen MR) is 178 cm³/mol. The summed E-state index contributed by atoms with van der Waals surface area (Å²) in [5.41, 5.74) is 12.5. The molecule has 1 N–H and O–H groups in total. The van der Waals surface area contributed by atoms with E-state index in [1.165, 1.54) is 34.1 Å². The Bertz CT molecular complexity index is 1560. The summed E-state index contributed by atoms with van der Waals surface area (Å²) in [5.74, 6) is 0.0701. The molecule has 3 aromatic rings. The SMILES string of the molecule is CCOC(=O)/C=C/c1ccc(/C(=C(\c2ccc(SC)cc2C)C2CCC2)c2ccc3c(c2)C(F)NN3C2CCCCO2)cc1. The standard InChI is InChI=1S/C37H41FN2O3S/c1-4-42-34(41)20-13-25-11-14-27(15-12-25)35(36(26-8-7-9-26)30-18-17-29(44-3)22-24(30)2)28-16-19-32-31(23-28)37(38)39-40(32)33-10-5-6-21-43-33/h11-20,22-23,26,33,37,39H,4-10,21H2,1-3H3/b20-13+,36-35+. The lowest BCUT2D eigenvalue weighted by Gasteiger charge is -2.33. The number of hydrogen-bond donors (Lipinski definition) is 1. The van der Waals surface area contributed by atoms with Gasteiger partial charge in [-0.15, -0.1) is 11.8 Å². The summed E-state index contributed by atoms with van der Waals surface area (Å²) < 4.78 is 26.7. The Kier molecular flexibility index (Phi) is 9.55. The van der Waals surface area contributed by atoms with E-state index in [0.29, 0.717) is 24.7 Å². The minimum absolute atomic E-state index is 0.164. The number of carbonyl (C=O) groups is 1. The smallest absolute Gasteiger partial charge is 0.330 e. The Balaban J connectivity index is 1.48. The van der Waals surface area contributed by atoms with E-state index in [4.69, 9.17) is 9.47 Å². The van der Waals surface area contributed by atoms with Crippen LogP contribution in [0.4, 0.5) is 10.1 Å². The number of carbonyl (C=O) groups excluding carboxylic acids is 1. The number of thioether (sulfide) groups is 1. The van der Waals surface area contributed by atoms with Crippen LogP contribution in [0.1, 0.15) is 85.1 Å². The molecule has 1 saturated carbocycles. The third-order valence-electron chi connectivity index (χ3n) is 8.95. The van der Waals surface area contributed by atoms with E-state index in [0.717, 1.165) is 60.1 Å². The first-order chi connectivity index (χ1) is 21.5. The zero-order chi connectivity index (χ0) is 30.6. The van der Waals surface area contributed by atoms with E-state index in [-0.39, 0.29) is 12.2 Å². The molecule has 1 aliphatic carbocycles. The molecular weight excluding hydrogens is 571 g/mol. The maximum absolute atomic E-state index is 15.7. The molecule has 5 nitrogen and oxygen atoms in total. The van der Waals surface area contributed by atoms with Gasteiger partial charge in [-0.05, 0) is 127 Å². The Hall–Kier alpha value is -3.39. The Morgan fingerprint density at radius 1 is 1.05 bits per heavy atom. The van der Waals surface area contributed by atoms with Crippen LogP contribution in [-0.4, -0.2) is 31.7 Å². The van der Waals surface area contributed by atoms with Crippen LogP contribution in [0, 0.1) is 12.8 Å². The molecule has 44 heavy (non-hydrogen) atoms. The molecular formula is C37H41FN2O3S. The van der Waals surface area contributed by atoms with Crippen molar-refractivity contribution in [2.24, 2.45) is 5.92 Å². The number of rotatable bonds is 9. The molecule has 7 heteroatoms. The van der Waals surface area contributed by atoms with E-state index in [9.17, 15) is 4.79 Å². The third-order valence-corrected chi connectivity index (χ3v) is 9.67. The third kappa shape index (κ3) is 6.37. The Morgan fingerprint density at radius 2 is 1.84 bits per heavy atom. The first-order valence-corrected chi connectivity index (χ1v) is 17.0. The van der Waals surface area contributed by atoms with Crippen LogP contribution in [0.3, 0.4) is 0 Å². The van der Waals surface area contributed by atoms with Crippen molar-refractivity contribution in [2.45, 2.75) is 69.8 Å². The van der Waals surface area contributed by atoms with Crippen molar-refractivity contribution >= 4 is 40.6 Å². The summed E-state index contributed by atoms with van der Waals surface area (Å²) in [6.07, 6.45) is 10.3. The molecule has 2 unspecified atom stereocenters. The summed E-state index contributed by atoms with van der Waals surface area (Å²) >= 11 is 1.75. The number of allylic oxidation sites excluding steroid dienone is 1. The summed E-state index contributed by atoms with van der Waals surface area (Å²) in [7, 11) is 0. The Labute approximate surface area is 264 Å². The molecule has 0 radical (unpaired) electrons. The monoisotopic (exact) mass is 612 g/mol. The van der Waals surface area contributed by atoms with Crippen molar-refractivity contribution in [3.8, 4) is 0 Å². The minimum Gasteiger partial charge on any atom is -0.463 e. The second-order valence-electron chi connectivity index (χ2n) is 11.8. The molecule has 2 aliphatic heterocycles. The van der Waals surface area contributed by atoms with E-state index in [1.54, 1.807) is 24.8 Å². The average molecular weight is 613 g/mol. The lowest BCUT2D eigenvalue weighted by Crippen LogP contribution is -2.45. The fourth-order valence-electron chi connectivity index (χ4n) is 6.47. The molecule has 0 bridgehead atoms. The summed E-state index contributed by atoms with van der Waals surface area (Å²) in [5, 5.41) is 1.88. The zero-order valence-corrected chi connectivity index (χ0v) is 26.6. The number of nitrogens with zero attached hydrogens (tertiary/aromatic N) is 1. The van der Waals surface area contributed by atoms with Gasteiger partial charge < -0.3 is 9.47 Å². The number of nitrogens with one attached hydrogen (secondary N) is 1. The van der Waals surface area contributed by atoms with Crippen LogP contribution < -0.4 is 10.4 Å². The summed E-state index contributed by atoms with van der Waals surface area (Å²) in [6, 6.07) is 21.3. The van der Waals surface area contributed by atoms with Gasteiger partial charge in [-0.2, -0.15) is 5.43 Å². The number of benzene rings is 3. The average Bonchev–Trinajstić information content (AvgIpc) is 3.35. The molecule has 3 aliphatic rings. The highest BCUT2D eigenvalue weighted by molar-refractivity contribution is 7.98. The highest BCUT2D eigenvalue weighted by Crippen LogP contribution is 2.47. The number of hydrogen-bond acceptors (Lipinski definition) is 6. The second kappa shape index (κ2) is 13.7. The van der Waals surface area contributed by atoms with Gasteiger partial charge in [-0.25, -0.2) is 9.18 Å². The van der Waals surface area contributed by atoms with Crippen LogP contribution in [0.25, 0.3) is 17.2 Å². The number of ether oxygens (including phenoxy) is 2. The molecule has 2 atom stereocenters. The van der Waals surface area contributed by atoms with Crippen molar-refractivity contribution in [3.05, 3.63) is 100 Å². The van der Waals surface area contributed by atoms with Crippen LogP contribution in [0.5, 0.6) is 0 Å². The number of alkyl halides is 1. The predicted octanol–water partition coefficient (Wildman–Crippen LogP) is 8.87. The number of aryl methyl sites for hydroxylation is 1. The summed E-state index contributed by atoms with van der Waals surface area (Å²) in [4.78, 5) is 13.1. The van der Waals surface area contributed by atoms with Crippen LogP contribution >= 0.6 is 11.8 Å². The van der Waals surface area contributed by atoms with Gasteiger partial charge in [-0.3, -0.25) is 5.01 Å². The van der Waals surface area contributed by atoms with E-state index >= 15 is 4.39 Å².